The molecular weight excluding hydrogens is 210 g/mol. The summed E-state index contributed by atoms with van der Waals surface area (Å²) in [5.74, 6) is 1.41. The van der Waals surface area contributed by atoms with Gasteiger partial charge in [-0.2, -0.15) is 17.0 Å². The molecule has 1 fully saturated rings. The summed E-state index contributed by atoms with van der Waals surface area (Å²) < 4.78 is 5.28. The van der Waals surface area contributed by atoms with Crippen molar-refractivity contribution in [2.24, 2.45) is 5.92 Å². The number of hydrogen-bond acceptors (Lipinski definition) is 4. The highest BCUT2D eigenvalue weighted by Crippen LogP contribution is 2.27. The number of carbonyl (C=O) groups excluding carboxylic acids is 1. The third-order valence-corrected chi connectivity index (χ3v) is 3.57. The van der Waals surface area contributed by atoms with E-state index in [0.29, 0.717) is 5.75 Å². The largest absolute Gasteiger partial charge is 0.462 e. The second kappa shape index (κ2) is 6.73. The van der Waals surface area contributed by atoms with E-state index in [0.717, 1.165) is 31.4 Å². The van der Waals surface area contributed by atoms with Crippen molar-refractivity contribution in [3.05, 3.63) is 0 Å². The van der Waals surface area contributed by atoms with Crippen molar-refractivity contribution >= 4 is 17.7 Å². The molecule has 0 aromatic carbocycles. The van der Waals surface area contributed by atoms with Crippen LogP contribution in [0.5, 0.6) is 0 Å². The van der Waals surface area contributed by atoms with Gasteiger partial charge in [-0.3, -0.25) is 4.79 Å². The minimum atomic E-state index is -0.128. The first kappa shape index (κ1) is 12.4. The molecule has 1 aliphatic carbocycles. The van der Waals surface area contributed by atoms with Gasteiger partial charge >= 0.3 is 5.97 Å². The van der Waals surface area contributed by atoms with Crippen molar-refractivity contribution in [1.82, 2.24) is 0 Å². The fraction of sp³-hybridized carbons (Fsp3) is 0.818. The molecule has 0 unspecified atom stereocenters. The van der Waals surface area contributed by atoms with Gasteiger partial charge in [0.15, 0.2) is 0 Å². The van der Waals surface area contributed by atoms with Gasteiger partial charge in [0.25, 0.3) is 0 Å². The van der Waals surface area contributed by atoms with Gasteiger partial charge in [-0.1, -0.05) is 6.92 Å². The standard InChI is InChI=1S/C11H17NO2S/c1-2-5-15-8-11(13)14-10-4-3-9(6-10)7-12/h9-10H,2-6,8H2,1H3/t9-,10-/m0/s1. The Morgan fingerprint density at radius 1 is 1.60 bits per heavy atom. The van der Waals surface area contributed by atoms with Crippen LogP contribution in [0.15, 0.2) is 0 Å². The molecule has 0 aromatic heterocycles. The quantitative estimate of drug-likeness (QED) is 0.534. The van der Waals surface area contributed by atoms with Crippen molar-refractivity contribution < 1.29 is 9.53 Å². The fourth-order valence-electron chi connectivity index (χ4n) is 1.68. The molecule has 0 bridgehead atoms. The maximum Gasteiger partial charge on any atom is 0.316 e. The zero-order valence-electron chi connectivity index (χ0n) is 9.07. The smallest absolute Gasteiger partial charge is 0.316 e. The predicted octanol–water partition coefficient (Wildman–Crippen LogP) is 2.37. The van der Waals surface area contributed by atoms with Gasteiger partial charge in [-0.05, 0) is 25.0 Å². The van der Waals surface area contributed by atoms with Crippen molar-refractivity contribution in [1.29, 1.82) is 5.26 Å². The lowest BCUT2D eigenvalue weighted by molar-refractivity contribution is -0.145. The molecule has 0 heterocycles. The average Bonchev–Trinajstić information content (AvgIpc) is 2.66. The number of thioether (sulfide) groups is 1. The van der Waals surface area contributed by atoms with Gasteiger partial charge < -0.3 is 4.74 Å². The third-order valence-electron chi connectivity index (χ3n) is 2.43. The predicted molar refractivity (Wildman–Crippen MR) is 60.5 cm³/mol. The maximum atomic E-state index is 11.3. The summed E-state index contributed by atoms with van der Waals surface area (Å²) in [6, 6.07) is 2.22. The molecule has 1 aliphatic rings. The Bertz CT molecular complexity index is 249. The molecule has 4 heteroatoms. The Morgan fingerprint density at radius 3 is 3.00 bits per heavy atom. The van der Waals surface area contributed by atoms with Crippen LogP contribution in [-0.2, 0) is 9.53 Å². The zero-order chi connectivity index (χ0) is 11.1. The van der Waals surface area contributed by atoms with E-state index in [1.807, 2.05) is 0 Å². The first-order chi connectivity index (χ1) is 7.26. The number of carbonyl (C=O) groups is 1. The summed E-state index contributed by atoms with van der Waals surface area (Å²) in [5.41, 5.74) is 0. The monoisotopic (exact) mass is 227 g/mol. The number of esters is 1. The van der Waals surface area contributed by atoms with E-state index < -0.39 is 0 Å². The lowest BCUT2D eigenvalue weighted by Gasteiger charge is -2.10. The summed E-state index contributed by atoms with van der Waals surface area (Å²) in [4.78, 5) is 11.3. The minimum Gasteiger partial charge on any atom is -0.462 e. The van der Waals surface area contributed by atoms with Crippen molar-refractivity contribution in [3.63, 3.8) is 0 Å². The molecule has 0 spiro atoms. The Kier molecular flexibility index (Phi) is 5.56. The first-order valence-electron chi connectivity index (χ1n) is 5.43. The van der Waals surface area contributed by atoms with Gasteiger partial charge in [0.1, 0.15) is 6.10 Å². The van der Waals surface area contributed by atoms with Crippen LogP contribution in [0.4, 0.5) is 0 Å². The second-order valence-corrected chi connectivity index (χ2v) is 4.91. The molecule has 3 nitrogen and oxygen atoms in total. The number of hydrogen-bond donors (Lipinski definition) is 0. The van der Waals surface area contributed by atoms with Gasteiger partial charge in [0, 0.05) is 12.3 Å². The van der Waals surface area contributed by atoms with E-state index in [-0.39, 0.29) is 18.0 Å². The van der Waals surface area contributed by atoms with E-state index >= 15 is 0 Å². The molecule has 0 aliphatic heterocycles. The zero-order valence-corrected chi connectivity index (χ0v) is 9.89. The minimum absolute atomic E-state index is 0.00984. The molecular formula is C11H17NO2S. The SMILES string of the molecule is CCCSCC(=O)O[C@H]1CC[C@H](C#N)C1. The molecule has 0 N–H and O–H groups in total. The van der Waals surface area contributed by atoms with Gasteiger partial charge in [-0.25, -0.2) is 0 Å². The van der Waals surface area contributed by atoms with E-state index in [1.165, 1.54) is 0 Å². The first-order valence-corrected chi connectivity index (χ1v) is 6.58. The molecule has 0 radical (unpaired) electrons. The molecule has 0 aromatic rings. The summed E-state index contributed by atoms with van der Waals surface area (Å²) in [6.45, 7) is 2.09. The highest BCUT2D eigenvalue weighted by atomic mass is 32.2. The van der Waals surface area contributed by atoms with Crippen molar-refractivity contribution in [3.8, 4) is 6.07 Å². The van der Waals surface area contributed by atoms with Crippen LogP contribution in [0.25, 0.3) is 0 Å². The summed E-state index contributed by atoms with van der Waals surface area (Å²) in [6.07, 6.45) is 3.52. The van der Waals surface area contributed by atoms with Crippen LogP contribution in [0.1, 0.15) is 32.6 Å². The third kappa shape index (κ3) is 4.57. The van der Waals surface area contributed by atoms with E-state index in [4.69, 9.17) is 10.00 Å². The summed E-state index contributed by atoms with van der Waals surface area (Å²) in [7, 11) is 0. The molecule has 0 amide bonds. The lowest BCUT2D eigenvalue weighted by atomic mass is 10.1. The lowest BCUT2D eigenvalue weighted by Crippen LogP contribution is -2.17. The van der Waals surface area contributed by atoms with E-state index in [2.05, 4.69) is 13.0 Å². The van der Waals surface area contributed by atoms with Crippen LogP contribution in [0, 0.1) is 17.2 Å². The van der Waals surface area contributed by atoms with Crippen LogP contribution < -0.4 is 0 Å². The molecule has 15 heavy (non-hydrogen) atoms. The normalized spacial score (nSPS) is 24.8. The van der Waals surface area contributed by atoms with Gasteiger partial charge in [0.2, 0.25) is 0 Å². The number of nitriles is 1. The van der Waals surface area contributed by atoms with Crippen LogP contribution in [0.3, 0.4) is 0 Å². The number of ether oxygens (including phenoxy) is 1. The Labute approximate surface area is 95.2 Å². The van der Waals surface area contributed by atoms with Crippen LogP contribution in [0.2, 0.25) is 0 Å². The van der Waals surface area contributed by atoms with Gasteiger partial charge in [-0.15, -0.1) is 0 Å². The molecule has 1 rings (SSSR count). The van der Waals surface area contributed by atoms with Crippen molar-refractivity contribution in [2.75, 3.05) is 11.5 Å². The Balaban J connectivity index is 2.14. The average molecular weight is 227 g/mol. The second-order valence-electron chi connectivity index (χ2n) is 3.80. The highest BCUT2D eigenvalue weighted by molar-refractivity contribution is 7.99. The Morgan fingerprint density at radius 2 is 2.40 bits per heavy atom. The molecule has 0 saturated heterocycles. The van der Waals surface area contributed by atoms with E-state index in [1.54, 1.807) is 11.8 Å². The van der Waals surface area contributed by atoms with Crippen molar-refractivity contribution in [2.45, 2.75) is 38.7 Å². The van der Waals surface area contributed by atoms with Crippen LogP contribution >= 0.6 is 11.8 Å². The van der Waals surface area contributed by atoms with E-state index in [9.17, 15) is 4.79 Å². The fourth-order valence-corrected chi connectivity index (χ4v) is 2.35. The maximum absolute atomic E-state index is 11.3. The molecule has 1 saturated carbocycles. The topological polar surface area (TPSA) is 50.1 Å². The number of nitrogens with zero attached hydrogens (tertiary/aromatic N) is 1. The Hall–Kier alpha value is -0.690. The molecule has 84 valence electrons. The van der Waals surface area contributed by atoms with Gasteiger partial charge in [0.05, 0.1) is 11.8 Å². The van der Waals surface area contributed by atoms with Crippen LogP contribution in [-0.4, -0.2) is 23.6 Å². The summed E-state index contributed by atoms with van der Waals surface area (Å²) in [5, 5.41) is 8.70. The highest BCUT2D eigenvalue weighted by Gasteiger charge is 2.27. The number of rotatable bonds is 5. The molecule has 2 atom stereocenters. The summed E-state index contributed by atoms with van der Waals surface area (Å²) >= 11 is 1.61.